The van der Waals surface area contributed by atoms with E-state index >= 15 is 0 Å². The van der Waals surface area contributed by atoms with Crippen LogP contribution in [0.2, 0.25) is 0 Å². The average molecular weight is 484 g/mol. The minimum Gasteiger partial charge on any atom is -0.322 e. The number of aromatic nitrogens is 1. The van der Waals surface area contributed by atoms with E-state index in [1.54, 1.807) is 0 Å². The molecule has 168 valence electrons. The fraction of sp³-hybridized carbons (Fsp3) is 0.0741. The maximum absolute atomic E-state index is 12.8. The molecule has 5 aromatic rings. The molecule has 0 aliphatic heterocycles. The first-order chi connectivity index (χ1) is 16.5. The smallest absolute Gasteiger partial charge is 0.255 e. The molecule has 1 aromatic heterocycles. The number of amides is 2. The van der Waals surface area contributed by atoms with Crippen molar-refractivity contribution in [3.05, 3.63) is 96.6 Å². The Bertz CT molecular complexity index is 1480. The van der Waals surface area contributed by atoms with Gasteiger partial charge in [0, 0.05) is 16.1 Å². The van der Waals surface area contributed by atoms with E-state index in [0.29, 0.717) is 16.4 Å². The molecule has 0 spiro atoms. The lowest BCUT2D eigenvalue weighted by Crippen LogP contribution is -2.22. The Morgan fingerprint density at radius 2 is 1.65 bits per heavy atom. The minimum atomic E-state index is -0.335. The van der Waals surface area contributed by atoms with Crippen molar-refractivity contribution in [2.45, 2.75) is 17.1 Å². The predicted octanol–water partition coefficient (Wildman–Crippen LogP) is 6.82. The molecule has 2 N–H and O–H groups in total. The number of thiazole rings is 1. The Labute approximate surface area is 205 Å². The van der Waals surface area contributed by atoms with Gasteiger partial charge in [-0.3, -0.25) is 9.59 Å². The number of para-hydroxylation sites is 1. The Kier molecular flexibility index (Phi) is 6.29. The number of nitrogens with one attached hydrogen (secondary N) is 2. The van der Waals surface area contributed by atoms with Crippen molar-refractivity contribution in [2.24, 2.45) is 0 Å². The highest BCUT2D eigenvalue weighted by Crippen LogP contribution is 2.29. The lowest BCUT2D eigenvalue weighted by molar-refractivity contribution is -0.115. The summed E-state index contributed by atoms with van der Waals surface area (Å²) in [5.41, 5.74) is 2.15. The van der Waals surface area contributed by atoms with Crippen LogP contribution in [0.3, 0.4) is 0 Å². The van der Waals surface area contributed by atoms with Gasteiger partial charge in [-0.15, -0.1) is 11.8 Å². The molecule has 0 aliphatic rings. The highest BCUT2D eigenvalue weighted by atomic mass is 32.2. The van der Waals surface area contributed by atoms with Gasteiger partial charge in [-0.2, -0.15) is 0 Å². The molecule has 0 fully saturated rings. The third-order valence-electron chi connectivity index (χ3n) is 5.31. The van der Waals surface area contributed by atoms with Crippen LogP contribution in [0.15, 0.2) is 95.9 Å². The standard InChI is InChI=1S/C27H21N3O2S2/c1-17(25(31)30-27-29-23-11-4-5-12-24(23)34-27)33-22-10-6-9-21(16-22)28-26(32)20-14-13-18-7-2-3-8-19(18)15-20/h2-17H,1H3,(H,28,32)(H,29,30,31). The molecular formula is C27H21N3O2S2. The number of rotatable bonds is 6. The van der Waals surface area contributed by atoms with E-state index in [4.69, 9.17) is 0 Å². The van der Waals surface area contributed by atoms with Gasteiger partial charge in [0.05, 0.1) is 15.5 Å². The van der Waals surface area contributed by atoms with E-state index in [1.807, 2.05) is 97.9 Å². The number of hydrogen-bond acceptors (Lipinski definition) is 5. The fourth-order valence-electron chi connectivity index (χ4n) is 3.57. The van der Waals surface area contributed by atoms with Gasteiger partial charge in [-0.25, -0.2) is 4.98 Å². The monoisotopic (exact) mass is 483 g/mol. The molecular weight excluding hydrogens is 462 g/mol. The van der Waals surface area contributed by atoms with Crippen molar-refractivity contribution >= 4 is 66.7 Å². The first-order valence-corrected chi connectivity index (χ1v) is 12.5. The van der Waals surface area contributed by atoms with Gasteiger partial charge in [0.1, 0.15) is 0 Å². The maximum Gasteiger partial charge on any atom is 0.255 e. The topological polar surface area (TPSA) is 71.1 Å². The van der Waals surface area contributed by atoms with Gasteiger partial charge in [0.15, 0.2) is 5.13 Å². The largest absolute Gasteiger partial charge is 0.322 e. The van der Waals surface area contributed by atoms with Crippen LogP contribution in [0.4, 0.5) is 10.8 Å². The van der Waals surface area contributed by atoms with Crippen LogP contribution < -0.4 is 10.6 Å². The Morgan fingerprint density at radius 1 is 0.853 bits per heavy atom. The maximum atomic E-state index is 12.8. The summed E-state index contributed by atoms with van der Waals surface area (Å²) >= 11 is 2.89. The van der Waals surface area contributed by atoms with Crippen LogP contribution in [0.1, 0.15) is 17.3 Å². The molecule has 2 amide bonds. The first-order valence-electron chi connectivity index (χ1n) is 10.8. The number of benzene rings is 4. The molecule has 4 aromatic carbocycles. The Balaban J connectivity index is 1.23. The van der Waals surface area contributed by atoms with Crippen LogP contribution in [-0.4, -0.2) is 22.0 Å². The SMILES string of the molecule is CC(Sc1cccc(NC(=O)c2ccc3ccccc3c2)c1)C(=O)Nc1nc2ccccc2s1. The summed E-state index contributed by atoms with van der Waals surface area (Å²) in [7, 11) is 0. The van der Waals surface area contributed by atoms with Crippen LogP contribution >= 0.6 is 23.1 Å². The summed E-state index contributed by atoms with van der Waals surface area (Å²) in [5.74, 6) is -0.288. The number of anilines is 2. The number of carbonyl (C=O) groups is 2. The number of thioether (sulfide) groups is 1. The third kappa shape index (κ3) is 4.95. The van der Waals surface area contributed by atoms with Crippen molar-refractivity contribution < 1.29 is 9.59 Å². The van der Waals surface area contributed by atoms with E-state index < -0.39 is 0 Å². The number of hydrogen-bond donors (Lipinski definition) is 2. The second-order valence-electron chi connectivity index (χ2n) is 7.78. The van der Waals surface area contributed by atoms with Crippen LogP contribution in [0, 0.1) is 0 Å². The molecule has 0 radical (unpaired) electrons. The quantitative estimate of drug-likeness (QED) is 0.260. The van der Waals surface area contributed by atoms with Crippen LogP contribution in [-0.2, 0) is 4.79 Å². The summed E-state index contributed by atoms with van der Waals surface area (Å²) in [6, 6.07) is 28.9. The lowest BCUT2D eigenvalue weighted by Gasteiger charge is -2.12. The van der Waals surface area contributed by atoms with Gasteiger partial charge in [-0.1, -0.05) is 59.9 Å². The predicted molar refractivity (Wildman–Crippen MR) is 142 cm³/mol. The van der Waals surface area contributed by atoms with Crippen molar-refractivity contribution in [3.63, 3.8) is 0 Å². The van der Waals surface area contributed by atoms with Gasteiger partial charge < -0.3 is 10.6 Å². The second kappa shape index (κ2) is 9.67. The van der Waals surface area contributed by atoms with Crippen molar-refractivity contribution in [1.29, 1.82) is 0 Å². The molecule has 1 unspecified atom stereocenters. The highest BCUT2D eigenvalue weighted by molar-refractivity contribution is 8.00. The summed E-state index contributed by atoms with van der Waals surface area (Å²) in [5, 5.41) is 8.24. The van der Waals surface area contributed by atoms with E-state index in [-0.39, 0.29) is 17.1 Å². The highest BCUT2D eigenvalue weighted by Gasteiger charge is 2.17. The summed E-state index contributed by atoms with van der Waals surface area (Å²) in [6.45, 7) is 1.85. The van der Waals surface area contributed by atoms with Gasteiger partial charge in [0.2, 0.25) is 5.91 Å². The minimum absolute atomic E-state index is 0.116. The fourth-order valence-corrected chi connectivity index (χ4v) is 5.37. The number of carbonyl (C=O) groups excluding carboxylic acids is 2. The summed E-state index contributed by atoms with van der Waals surface area (Å²) in [4.78, 5) is 30.9. The third-order valence-corrected chi connectivity index (χ3v) is 7.36. The molecule has 1 heterocycles. The lowest BCUT2D eigenvalue weighted by atomic mass is 10.1. The zero-order valence-corrected chi connectivity index (χ0v) is 20.0. The van der Waals surface area contributed by atoms with Crippen molar-refractivity contribution in [1.82, 2.24) is 4.98 Å². The molecule has 7 heteroatoms. The first kappa shape index (κ1) is 22.1. The van der Waals surface area contributed by atoms with E-state index in [9.17, 15) is 9.59 Å². The van der Waals surface area contributed by atoms with Crippen LogP contribution in [0.5, 0.6) is 0 Å². The Morgan fingerprint density at radius 3 is 2.50 bits per heavy atom. The summed E-state index contributed by atoms with van der Waals surface area (Å²) in [6.07, 6.45) is 0. The molecule has 0 saturated carbocycles. The molecule has 34 heavy (non-hydrogen) atoms. The van der Waals surface area contributed by atoms with E-state index in [2.05, 4.69) is 15.6 Å². The zero-order valence-electron chi connectivity index (χ0n) is 18.3. The van der Waals surface area contributed by atoms with Crippen molar-refractivity contribution in [3.8, 4) is 0 Å². The van der Waals surface area contributed by atoms with E-state index in [1.165, 1.54) is 23.1 Å². The van der Waals surface area contributed by atoms with Gasteiger partial charge in [0.25, 0.3) is 5.91 Å². The van der Waals surface area contributed by atoms with Crippen molar-refractivity contribution in [2.75, 3.05) is 10.6 Å². The molecule has 0 aliphatic carbocycles. The second-order valence-corrected chi connectivity index (χ2v) is 10.2. The molecule has 0 saturated heterocycles. The van der Waals surface area contributed by atoms with Gasteiger partial charge in [-0.05, 0) is 60.2 Å². The average Bonchev–Trinajstić information content (AvgIpc) is 3.26. The zero-order chi connectivity index (χ0) is 23.5. The molecule has 5 rings (SSSR count). The normalized spacial score (nSPS) is 11.9. The Hall–Kier alpha value is -3.68. The molecule has 5 nitrogen and oxygen atoms in total. The van der Waals surface area contributed by atoms with Gasteiger partial charge >= 0.3 is 0 Å². The summed E-state index contributed by atoms with van der Waals surface area (Å²) < 4.78 is 1.04. The number of nitrogens with zero attached hydrogens (tertiary/aromatic N) is 1. The molecule has 0 bridgehead atoms. The molecule has 1 atom stereocenters. The number of fused-ring (bicyclic) bond motifs is 2. The van der Waals surface area contributed by atoms with E-state index in [0.717, 1.165) is 25.9 Å². The van der Waals surface area contributed by atoms with Crippen LogP contribution in [0.25, 0.3) is 21.0 Å².